The molecule has 5 rings (SSSR count). The molecule has 0 radical (unpaired) electrons. The number of phenolic OH excluding ortho intramolecular Hbond substituents is 1. The van der Waals surface area contributed by atoms with Crippen LogP contribution in [0.3, 0.4) is 0 Å². The van der Waals surface area contributed by atoms with Crippen molar-refractivity contribution in [3.63, 3.8) is 0 Å². The van der Waals surface area contributed by atoms with Gasteiger partial charge in [-0.15, -0.1) is 0 Å². The van der Waals surface area contributed by atoms with Crippen molar-refractivity contribution >= 4 is 16.8 Å². The fourth-order valence-corrected chi connectivity index (χ4v) is 4.87. The van der Waals surface area contributed by atoms with E-state index in [1.165, 1.54) is 0 Å². The largest absolute Gasteiger partial charge is 0.507 e. The Hall–Kier alpha value is -3.06. The van der Waals surface area contributed by atoms with Gasteiger partial charge in [-0.3, -0.25) is 9.89 Å². The lowest BCUT2D eigenvalue weighted by atomic mass is 10.1. The number of ether oxygens (including phenoxy) is 1. The quantitative estimate of drug-likeness (QED) is 0.590. The summed E-state index contributed by atoms with van der Waals surface area (Å²) in [4.78, 5) is 17.5. The van der Waals surface area contributed by atoms with Gasteiger partial charge in [-0.2, -0.15) is 5.10 Å². The number of carbonyl (C=O) groups excluding carboxylic acids is 1. The van der Waals surface area contributed by atoms with E-state index in [4.69, 9.17) is 4.74 Å². The standard InChI is InChI=1S/C26H32N4O3/c1-3-4-5-23-21-13-22(25(31)14-24(21)28-27-23)26(32)30-15-17-6-7-20(12-18(17)16-30)33-19-8-10-29(2)11-9-19/h6-7,12-14,19,31H,3-5,8-11,15-16H2,1-2H3,(H,27,28). The first-order chi connectivity index (χ1) is 16.0. The molecule has 2 N–H and O–H groups in total. The average Bonchev–Trinajstić information content (AvgIpc) is 3.41. The minimum absolute atomic E-state index is 0.0135. The van der Waals surface area contributed by atoms with Crippen LogP contribution in [-0.4, -0.2) is 57.3 Å². The van der Waals surface area contributed by atoms with Crippen LogP contribution in [0.4, 0.5) is 0 Å². The SMILES string of the molecule is CCCCc1n[nH]c2cc(O)c(C(=O)N3Cc4ccc(OC5CCN(C)CC5)cc4C3)cc12. The number of aromatic amines is 1. The molecule has 0 atom stereocenters. The first kappa shape index (κ1) is 21.8. The molecule has 3 aromatic rings. The summed E-state index contributed by atoms with van der Waals surface area (Å²) in [5.74, 6) is 0.701. The summed E-state index contributed by atoms with van der Waals surface area (Å²) in [5, 5.41) is 18.8. The molecule has 0 unspecified atom stereocenters. The zero-order valence-corrected chi connectivity index (χ0v) is 19.4. The molecule has 2 aliphatic heterocycles. The highest BCUT2D eigenvalue weighted by Crippen LogP contribution is 2.32. The molecule has 2 aromatic carbocycles. The number of rotatable bonds is 6. The van der Waals surface area contributed by atoms with Gasteiger partial charge >= 0.3 is 0 Å². The molecule has 1 fully saturated rings. The molecular formula is C26H32N4O3. The molecular weight excluding hydrogens is 416 g/mol. The van der Waals surface area contributed by atoms with E-state index in [-0.39, 0.29) is 17.8 Å². The molecule has 1 aromatic heterocycles. The monoisotopic (exact) mass is 448 g/mol. The van der Waals surface area contributed by atoms with Crippen molar-refractivity contribution < 1.29 is 14.6 Å². The van der Waals surface area contributed by atoms with Crippen LogP contribution in [0.1, 0.15) is 59.8 Å². The second kappa shape index (κ2) is 9.06. The van der Waals surface area contributed by atoms with Gasteiger partial charge in [0, 0.05) is 37.6 Å². The number of nitrogens with one attached hydrogen (secondary N) is 1. The third-order valence-corrected chi connectivity index (χ3v) is 6.91. The number of likely N-dealkylation sites (tertiary alicyclic amines) is 1. The van der Waals surface area contributed by atoms with Gasteiger partial charge in [0.15, 0.2) is 0 Å². The van der Waals surface area contributed by atoms with Crippen molar-refractivity contribution in [3.8, 4) is 11.5 Å². The van der Waals surface area contributed by atoms with Crippen molar-refractivity contribution in [2.24, 2.45) is 0 Å². The normalized spacial score (nSPS) is 17.0. The second-order valence-electron chi connectivity index (χ2n) is 9.40. The van der Waals surface area contributed by atoms with E-state index < -0.39 is 0 Å². The summed E-state index contributed by atoms with van der Waals surface area (Å²) in [6.07, 6.45) is 5.28. The number of aromatic hydroxyl groups is 1. The van der Waals surface area contributed by atoms with Crippen LogP contribution in [0.2, 0.25) is 0 Å². The molecule has 33 heavy (non-hydrogen) atoms. The van der Waals surface area contributed by atoms with Crippen LogP contribution in [0.5, 0.6) is 11.5 Å². The summed E-state index contributed by atoms with van der Waals surface area (Å²) in [5.41, 5.74) is 4.28. The number of aryl methyl sites for hydroxylation is 1. The molecule has 174 valence electrons. The van der Waals surface area contributed by atoms with Gasteiger partial charge in [0.25, 0.3) is 5.91 Å². The highest BCUT2D eigenvalue weighted by molar-refractivity contribution is 6.01. The van der Waals surface area contributed by atoms with Crippen LogP contribution in [-0.2, 0) is 19.5 Å². The number of carbonyl (C=O) groups is 1. The first-order valence-electron chi connectivity index (χ1n) is 12.0. The van der Waals surface area contributed by atoms with Crippen LogP contribution in [0.15, 0.2) is 30.3 Å². The van der Waals surface area contributed by atoms with E-state index in [9.17, 15) is 9.90 Å². The van der Waals surface area contributed by atoms with E-state index in [0.29, 0.717) is 18.7 Å². The summed E-state index contributed by atoms with van der Waals surface area (Å²) in [6, 6.07) is 9.55. The Morgan fingerprint density at radius 1 is 1.18 bits per heavy atom. The molecule has 0 aliphatic carbocycles. The predicted molar refractivity (Wildman–Crippen MR) is 128 cm³/mol. The number of amides is 1. The van der Waals surface area contributed by atoms with Crippen molar-refractivity contribution in [1.29, 1.82) is 0 Å². The first-order valence-corrected chi connectivity index (χ1v) is 12.0. The number of phenols is 1. The molecule has 0 spiro atoms. The smallest absolute Gasteiger partial charge is 0.258 e. The lowest BCUT2D eigenvalue weighted by Crippen LogP contribution is -2.35. The fraction of sp³-hybridized carbons (Fsp3) is 0.462. The van der Waals surface area contributed by atoms with Gasteiger partial charge in [0.2, 0.25) is 0 Å². The Kier molecular flexibility index (Phi) is 5.98. The zero-order valence-electron chi connectivity index (χ0n) is 19.4. The highest BCUT2D eigenvalue weighted by Gasteiger charge is 2.28. The van der Waals surface area contributed by atoms with E-state index in [2.05, 4.69) is 41.2 Å². The van der Waals surface area contributed by atoms with Crippen LogP contribution in [0, 0.1) is 0 Å². The number of unbranched alkanes of at least 4 members (excludes halogenated alkanes) is 1. The number of aromatic nitrogens is 2. The van der Waals surface area contributed by atoms with Gasteiger partial charge in [0.05, 0.1) is 16.8 Å². The number of H-pyrrole nitrogens is 1. The Balaban J connectivity index is 1.32. The molecule has 7 heteroatoms. The van der Waals surface area contributed by atoms with Crippen LogP contribution < -0.4 is 4.74 Å². The van der Waals surface area contributed by atoms with Crippen LogP contribution >= 0.6 is 0 Å². The maximum Gasteiger partial charge on any atom is 0.258 e. The van der Waals surface area contributed by atoms with Gasteiger partial charge in [-0.05, 0) is 62.1 Å². The molecule has 3 heterocycles. The number of fused-ring (bicyclic) bond motifs is 2. The zero-order chi connectivity index (χ0) is 22.9. The Morgan fingerprint density at radius 2 is 1.97 bits per heavy atom. The summed E-state index contributed by atoms with van der Waals surface area (Å²) < 4.78 is 6.23. The lowest BCUT2D eigenvalue weighted by Gasteiger charge is -2.29. The summed E-state index contributed by atoms with van der Waals surface area (Å²) >= 11 is 0. The number of nitrogens with zero attached hydrogens (tertiary/aromatic N) is 3. The lowest BCUT2D eigenvalue weighted by molar-refractivity contribution is 0.0748. The third-order valence-electron chi connectivity index (χ3n) is 6.91. The summed E-state index contributed by atoms with van der Waals surface area (Å²) in [6.45, 7) is 5.31. The number of piperidine rings is 1. The minimum atomic E-state index is -0.161. The Morgan fingerprint density at radius 3 is 2.76 bits per heavy atom. The van der Waals surface area contributed by atoms with Crippen molar-refractivity contribution in [2.45, 2.75) is 58.2 Å². The van der Waals surface area contributed by atoms with E-state index in [1.807, 2.05) is 6.07 Å². The fourth-order valence-electron chi connectivity index (χ4n) is 4.87. The summed E-state index contributed by atoms with van der Waals surface area (Å²) in [7, 11) is 2.14. The van der Waals surface area contributed by atoms with Crippen molar-refractivity contribution in [1.82, 2.24) is 20.0 Å². The number of hydrogen-bond donors (Lipinski definition) is 2. The Labute approximate surface area is 194 Å². The predicted octanol–water partition coefficient (Wildman–Crippen LogP) is 4.24. The molecule has 0 bridgehead atoms. The number of benzene rings is 2. The maximum absolute atomic E-state index is 13.4. The van der Waals surface area contributed by atoms with Crippen LogP contribution in [0.25, 0.3) is 10.9 Å². The van der Waals surface area contributed by atoms with Gasteiger partial charge < -0.3 is 19.6 Å². The highest BCUT2D eigenvalue weighted by atomic mass is 16.5. The van der Waals surface area contributed by atoms with Gasteiger partial charge in [0.1, 0.15) is 17.6 Å². The van der Waals surface area contributed by atoms with E-state index >= 15 is 0 Å². The van der Waals surface area contributed by atoms with Crippen molar-refractivity contribution in [2.75, 3.05) is 20.1 Å². The van der Waals surface area contributed by atoms with E-state index in [0.717, 1.165) is 78.7 Å². The van der Waals surface area contributed by atoms with Gasteiger partial charge in [-0.1, -0.05) is 19.4 Å². The number of hydrogen-bond acceptors (Lipinski definition) is 5. The maximum atomic E-state index is 13.4. The van der Waals surface area contributed by atoms with E-state index in [1.54, 1.807) is 17.0 Å². The average molecular weight is 449 g/mol. The molecule has 2 aliphatic rings. The topological polar surface area (TPSA) is 81.7 Å². The van der Waals surface area contributed by atoms with Crippen molar-refractivity contribution in [3.05, 3.63) is 52.7 Å². The molecule has 1 saturated heterocycles. The third kappa shape index (κ3) is 4.42. The second-order valence-corrected chi connectivity index (χ2v) is 9.40. The molecule has 1 amide bonds. The van der Waals surface area contributed by atoms with Gasteiger partial charge in [-0.25, -0.2) is 0 Å². The Bertz CT molecular complexity index is 1160. The molecule has 7 nitrogen and oxygen atoms in total. The molecule has 0 saturated carbocycles. The minimum Gasteiger partial charge on any atom is -0.507 e.